The lowest BCUT2D eigenvalue weighted by Gasteiger charge is -2.20. The van der Waals surface area contributed by atoms with E-state index in [-0.39, 0.29) is 40.7 Å². The average molecular weight is 409 g/mol. The molecule has 2 aromatic heterocycles. The van der Waals surface area contributed by atoms with Crippen molar-refractivity contribution in [1.82, 2.24) is 9.55 Å². The monoisotopic (exact) mass is 408 g/mol. The van der Waals surface area contributed by atoms with Crippen LogP contribution in [0.5, 0.6) is 0 Å². The van der Waals surface area contributed by atoms with Crippen molar-refractivity contribution in [1.29, 1.82) is 0 Å². The van der Waals surface area contributed by atoms with Crippen LogP contribution in [0.25, 0.3) is 11.0 Å². The fourth-order valence-corrected chi connectivity index (χ4v) is 4.02. The molecule has 2 atom stereocenters. The molecule has 7 nitrogen and oxygen atoms in total. The number of hydrogen-bond donors (Lipinski definition) is 1. The summed E-state index contributed by atoms with van der Waals surface area (Å²) in [6, 6.07) is 1.30. The van der Waals surface area contributed by atoms with E-state index in [0.29, 0.717) is 25.3 Å². The smallest absolute Gasteiger partial charge is 0.343 e. The largest absolute Gasteiger partial charge is 0.462 e. The van der Waals surface area contributed by atoms with Gasteiger partial charge in [0.25, 0.3) is 0 Å². The van der Waals surface area contributed by atoms with E-state index in [2.05, 4.69) is 4.98 Å². The first-order valence-electron chi connectivity index (χ1n) is 9.46. The number of nitrogens with two attached hydrogens (primary N) is 1. The van der Waals surface area contributed by atoms with Gasteiger partial charge in [0.05, 0.1) is 17.4 Å². The lowest BCUT2D eigenvalue weighted by atomic mass is 10.1. The number of hydrogen-bond acceptors (Lipinski definition) is 6. The molecule has 2 N–H and O–H groups in total. The summed E-state index contributed by atoms with van der Waals surface area (Å²) >= 11 is 6.32. The molecule has 0 bridgehead atoms. The standard InChI is InChI=1S/C19H22ClFN4O3/c1-2-28-19(27)13-8-25(11-3-4-11)17-12(16(13)26)5-15(21)18(23-17)24-7-10(6-22)14(20)9-24/h5,8,10-11,14H,2-4,6-7,9,22H2,1H3/t10-,14+/m1/s1. The number of carbonyl (C=O) groups is 1. The molecule has 0 amide bonds. The van der Waals surface area contributed by atoms with E-state index in [4.69, 9.17) is 22.1 Å². The van der Waals surface area contributed by atoms with Crippen LogP contribution >= 0.6 is 11.6 Å². The van der Waals surface area contributed by atoms with E-state index >= 15 is 0 Å². The van der Waals surface area contributed by atoms with Crippen LogP contribution in [0.15, 0.2) is 17.1 Å². The lowest BCUT2D eigenvalue weighted by molar-refractivity contribution is 0.0524. The van der Waals surface area contributed by atoms with Crippen molar-refractivity contribution in [3.05, 3.63) is 33.9 Å². The number of ether oxygens (including phenoxy) is 1. The average Bonchev–Trinajstić information content (AvgIpc) is 3.44. The van der Waals surface area contributed by atoms with Gasteiger partial charge in [-0.3, -0.25) is 4.79 Å². The van der Waals surface area contributed by atoms with Crippen molar-refractivity contribution < 1.29 is 13.9 Å². The molecular formula is C19H22ClFN4O3. The molecule has 28 heavy (non-hydrogen) atoms. The molecule has 0 aromatic carbocycles. The predicted octanol–water partition coefficient (Wildman–Crippen LogP) is 2.05. The zero-order valence-corrected chi connectivity index (χ0v) is 16.3. The number of alkyl halides is 1. The van der Waals surface area contributed by atoms with Crippen LogP contribution < -0.4 is 16.1 Å². The molecule has 4 rings (SSSR count). The third-order valence-corrected chi connectivity index (χ3v) is 5.83. The third kappa shape index (κ3) is 3.24. The van der Waals surface area contributed by atoms with Gasteiger partial charge in [-0.2, -0.15) is 0 Å². The third-order valence-electron chi connectivity index (χ3n) is 5.34. The van der Waals surface area contributed by atoms with Crippen molar-refractivity contribution in [2.45, 2.75) is 31.2 Å². The maximum Gasteiger partial charge on any atom is 0.343 e. The van der Waals surface area contributed by atoms with Crippen molar-refractivity contribution >= 4 is 34.4 Å². The van der Waals surface area contributed by atoms with Gasteiger partial charge in [0, 0.05) is 31.2 Å². The summed E-state index contributed by atoms with van der Waals surface area (Å²) in [5.41, 5.74) is 5.45. The van der Waals surface area contributed by atoms with Gasteiger partial charge in [0.2, 0.25) is 5.43 Å². The number of esters is 1. The summed E-state index contributed by atoms with van der Waals surface area (Å²) in [5.74, 6) is -1.11. The molecule has 2 fully saturated rings. The van der Waals surface area contributed by atoms with E-state index in [1.54, 1.807) is 16.4 Å². The second kappa shape index (κ2) is 7.33. The molecule has 1 saturated carbocycles. The fourth-order valence-electron chi connectivity index (χ4n) is 3.67. The minimum atomic E-state index is -0.705. The zero-order valence-electron chi connectivity index (χ0n) is 15.5. The molecule has 3 heterocycles. The molecule has 1 aliphatic heterocycles. The summed E-state index contributed by atoms with van der Waals surface area (Å²) in [5, 5.41) is -0.102. The van der Waals surface area contributed by atoms with E-state index in [9.17, 15) is 14.0 Å². The number of anilines is 1. The number of pyridine rings is 2. The summed E-state index contributed by atoms with van der Waals surface area (Å²) in [6.07, 6.45) is 3.32. The molecule has 2 aliphatic rings. The first-order chi connectivity index (χ1) is 13.4. The predicted molar refractivity (Wildman–Crippen MR) is 105 cm³/mol. The minimum Gasteiger partial charge on any atom is -0.462 e. The quantitative estimate of drug-likeness (QED) is 0.601. The van der Waals surface area contributed by atoms with Crippen molar-refractivity contribution in [3.63, 3.8) is 0 Å². The lowest BCUT2D eigenvalue weighted by Crippen LogP contribution is -2.26. The Morgan fingerprint density at radius 3 is 2.79 bits per heavy atom. The Labute approximate surface area is 166 Å². The Kier molecular flexibility index (Phi) is 5.01. The van der Waals surface area contributed by atoms with Crippen LogP contribution in [0.2, 0.25) is 0 Å². The first kappa shape index (κ1) is 19.1. The number of nitrogens with zero attached hydrogens (tertiary/aromatic N) is 3. The molecule has 2 aromatic rings. The summed E-state index contributed by atoms with van der Waals surface area (Å²) in [6.45, 7) is 3.18. The van der Waals surface area contributed by atoms with Crippen LogP contribution in [0.3, 0.4) is 0 Å². The molecule has 0 spiro atoms. The Bertz CT molecular complexity index is 991. The zero-order chi connectivity index (χ0) is 20.0. The van der Waals surface area contributed by atoms with Gasteiger partial charge in [-0.15, -0.1) is 11.6 Å². The number of carbonyl (C=O) groups excluding carboxylic acids is 1. The molecule has 9 heteroatoms. The van der Waals surface area contributed by atoms with Crippen LogP contribution in [0.1, 0.15) is 36.2 Å². The Hall–Kier alpha value is -2.19. The number of rotatable bonds is 5. The topological polar surface area (TPSA) is 90.5 Å². The van der Waals surface area contributed by atoms with Crippen molar-refractivity contribution in [3.8, 4) is 0 Å². The van der Waals surface area contributed by atoms with Gasteiger partial charge < -0.3 is 19.9 Å². The maximum absolute atomic E-state index is 14.9. The second-order valence-corrected chi connectivity index (χ2v) is 7.87. The van der Waals surface area contributed by atoms with Crippen LogP contribution in [-0.4, -0.2) is 47.1 Å². The molecule has 150 valence electrons. The van der Waals surface area contributed by atoms with Gasteiger partial charge in [-0.05, 0) is 32.4 Å². The molecule has 1 aliphatic carbocycles. The highest BCUT2D eigenvalue weighted by Crippen LogP contribution is 2.37. The Balaban J connectivity index is 1.85. The maximum atomic E-state index is 14.9. The highest BCUT2D eigenvalue weighted by Gasteiger charge is 2.34. The van der Waals surface area contributed by atoms with Crippen LogP contribution in [0.4, 0.5) is 10.2 Å². The molecule has 0 unspecified atom stereocenters. The van der Waals surface area contributed by atoms with Gasteiger partial charge in [0.1, 0.15) is 11.2 Å². The van der Waals surface area contributed by atoms with Gasteiger partial charge >= 0.3 is 5.97 Å². The van der Waals surface area contributed by atoms with E-state index in [0.717, 1.165) is 12.8 Å². The van der Waals surface area contributed by atoms with E-state index in [1.165, 1.54) is 12.3 Å². The first-order valence-corrected chi connectivity index (χ1v) is 9.89. The van der Waals surface area contributed by atoms with Crippen LogP contribution in [-0.2, 0) is 4.74 Å². The summed E-state index contributed by atoms with van der Waals surface area (Å²) in [4.78, 5) is 31.2. The SMILES string of the molecule is CCOC(=O)c1cn(C2CC2)c2nc(N3C[C@@H](CN)[C@@H](Cl)C3)c(F)cc2c1=O. The van der Waals surface area contributed by atoms with Crippen molar-refractivity contribution in [2.24, 2.45) is 11.7 Å². The van der Waals surface area contributed by atoms with Crippen molar-refractivity contribution in [2.75, 3.05) is 31.1 Å². The Morgan fingerprint density at radius 1 is 1.43 bits per heavy atom. The van der Waals surface area contributed by atoms with Crippen LogP contribution in [0, 0.1) is 11.7 Å². The van der Waals surface area contributed by atoms with Gasteiger partial charge in [0.15, 0.2) is 11.6 Å². The second-order valence-electron chi connectivity index (χ2n) is 7.31. The highest BCUT2D eigenvalue weighted by molar-refractivity contribution is 6.21. The van der Waals surface area contributed by atoms with E-state index < -0.39 is 17.2 Å². The summed E-state index contributed by atoms with van der Waals surface area (Å²) in [7, 11) is 0. The highest BCUT2D eigenvalue weighted by atomic mass is 35.5. The van der Waals surface area contributed by atoms with Gasteiger partial charge in [-0.25, -0.2) is 14.2 Å². The number of fused-ring (bicyclic) bond motifs is 1. The number of aromatic nitrogens is 2. The number of halogens is 2. The summed E-state index contributed by atoms with van der Waals surface area (Å²) < 4.78 is 21.7. The Morgan fingerprint density at radius 2 is 2.18 bits per heavy atom. The van der Waals surface area contributed by atoms with Gasteiger partial charge in [-0.1, -0.05) is 0 Å². The van der Waals surface area contributed by atoms with E-state index in [1.807, 2.05) is 0 Å². The normalized spacial score (nSPS) is 22.1. The molecule has 1 saturated heterocycles. The molecule has 0 radical (unpaired) electrons. The fraction of sp³-hybridized carbons (Fsp3) is 0.526. The minimum absolute atomic E-state index is 0.0513. The molecular weight excluding hydrogens is 387 g/mol.